The third-order valence-electron chi connectivity index (χ3n) is 1.85. The minimum atomic E-state index is -0.515. The van der Waals surface area contributed by atoms with Gasteiger partial charge in [0.05, 0.1) is 13.7 Å². The predicted octanol–water partition coefficient (Wildman–Crippen LogP) is 0.906. The number of ether oxygens (including phenoxy) is 1. The highest BCUT2D eigenvalue weighted by molar-refractivity contribution is 5.91. The van der Waals surface area contributed by atoms with E-state index in [0.717, 1.165) is 6.42 Å². The van der Waals surface area contributed by atoms with Crippen molar-refractivity contribution in [1.29, 1.82) is 0 Å². The van der Waals surface area contributed by atoms with Crippen molar-refractivity contribution in [2.45, 2.75) is 26.4 Å². The van der Waals surface area contributed by atoms with E-state index >= 15 is 0 Å². The third-order valence-corrected chi connectivity index (χ3v) is 1.85. The lowest BCUT2D eigenvalue weighted by atomic mass is 10.1. The van der Waals surface area contributed by atoms with E-state index in [1.54, 1.807) is 0 Å². The van der Waals surface area contributed by atoms with E-state index in [0.29, 0.717) is 12.2 Å². The van der Waals surface area contributed by atoms with Crippen LogP contribution in [-0.4, -0.2) is 23.3 Å². The molecule has 1 aromatic heterocycles. The maximum Gasteiger partial charge on any atom is 0.343 e. The Kier molecular flexibility index (Phi) is 3.64. The Bertz CT molecular complexity index is 319. The molecular formula is C9H13NO4. The molecule has 0 saturated heterocycles. The van der Waals surface area contributed by atoms with E-state index in [1.165, 1.54) is 7.11 Å². The van der Waals surface area contributed by atoms with Gasteiger partial charge in [-0.15, -0.1) is 0 Å². The molecule has 14 heavy (non-hydrogen) atoms. The summed E-state index contributed by atoms with van der Waals surface area (Å²) in [7, 11) is 1.28. The summed E-state index contributed by atoms with van der Waals surface area (Å²) in [6.07, 6.45) is 1.45. The van der Waals surface area contributed by atoms with Gasteiger partial charge >= 0.3 is 5.97 Å². The molecule has 1 N–H and O–H groups in total. The average molecular weight is 199 g/mol. The molecule has 78 valence electrons. The van der Waals surface area contributed by atoms with Gasteiger partial charge in [0.2, 0.25) is 0 Å². The Balaban J connectivity index is 3.05. The van der Waals surface area contributed by atoms with Crippen molar-refractivity contribution in [3.05, 3.63) is 17.0 Å². The summed E-state index contributed by atoms with van der Waals surface area (Å²) in [5.74, 6) is -0.0397. The van der Waals surface area contributed by atoms with Gasteiger partial charge in [-0.05, 0) is 6.42 Å². The van der Waals surface area contributed by atoms with Crippen LogP contribution in [0.25, 0.3) is 0 Å². The summed E-state index contributed by atoms with van der Waals surface area (Å²) in [5, 5.41) is 12.5. The SMILES string of the molecule is CCCc1onc(CO)c1C(=O)OC. The van der Waals surface area contributed by atoms with Crippen molar-refractivity contribution in [1.82, 2.24) is 5.16 Å². The van der Waals surface area contributed by atoms with Crippen molar-refractivity contribution in [2.24, 2.45) is 0 Å². The highest BCUT2D eigenvalue weighted by Gasteiger charge is 2.22. The number of hydrogen-bond acceptors (Lipinski definition) is 5. The maximum absolute atomic E-state index is 11.3. The fourth-order valence-corrected chi connectivity index (χ4v) is 1.20. The molecule has 0 amide bonds. The Morgan fingerprint density at radius 3 is 2.86 bits per heavy atom. The van der Waals surface area contributed by atoms with Crippen LogP contribution in [0.15, 0.2) is 4.52 Å². The van der Waals surface area contributed by atoms with Crippen LogP contribution in [0.4, 0.5) is 0 Å². The molecule has 0 unspecified atom stereocenters. The second-order valence-electron chi connectivity index (χ2n) is 2.83. The van der Waals surface area contributed by atoms with Gasteiger partial charge in [0, 0.05) is 6.42 Å². The Labute approximate surface area is 81.7 Å². The smallest absolute Gasteiger partial charge is 0.343 e. The van der Waals surface area contributed by atoms with E-state index in [1.807, 2.05) is 6.92 Å². The zero-order chi connectivity index (χ0) is 10.6. The zero-order valence-electron chi connectivity index (χ0n) is 8.24. The quantitative estimate of drug-likeness (QED) is 0.729. The number of carbonyl (C=O) groups excluding carboxylic acids is 1. The van der Waals surface area contributed by atoms with Gasteiger partial charge in [-0.25, -0.2) is 4.79 Å². The van der Waals surface area contributed by atoms with E-state index in [-0.39, 0.29) is 17.9 Å². The van der Waals surface area contributed by atoms with Crippen molar-refractivity contribution < 1.29 is 19.2 Å². The first-order chi connectivity index (χ1) is 6.74. The first-order valence-electron chi connectivity index (χ1n) is 4.41. The van der Waals surface area contributed by atoms with Crippen LogP contribution < -0.4 is 0 Å². The number of aryl methyl sites for hydroxylation is 1. The van der Waals surface area contributed by atoms with E-state index < -0.39 is 5.97 Å². The van der Waals surface area contributed by atoms with Crippen molar-refractivity contribution >= 4 is 5.97 Å². The number of aliphatic hydroxyl groups is 1. The summed E-state index contributed by atoms with van der Waals surface area (Å²) in [5.41, 5.74) is 0.497. The van der Waals surface area contributed by atoms with Crippen molar-refractivity contribution in [2.75, 3.05) is 7.11 Å². The minimum absolute atomic E-state index is 0.236. The molecule has 0 aromatic carbocycles. The van der Waals surface area contributed by atoms with Gasteiger partial charge in [0.15, 0.2) is 5.76 Å². The lowest BCUT2D eigenvalue weighted by Crippen LogP contribution is -2.06. The average Bonchev–Trinajstić information content (AvgIpc) is 2.60. The molecule has 0 spiro atoms. The first-order valence-corrected chi connectivity index (χ1v) is 4.41. The molecule has 5 heteroatoms. The van der Waals surface area contributed by atoms with Crippen LogP contribution in [-0.2, 0) is 17.8 Å². The van der Waals surface area contributed by atoms with Crippen LogP contribution in [0.1, 0.15) is 35.2 Å². The number of esters is 1. The van der Waals surface area contributed by atoms with Gasteiger partial charge in [-0.2, -0.15) is 0 Å². The van der Waals surface area contributed by atoms with Crippen LogP contribution >= 0.6 is 0 Å². The van der Waals surface area contributed by atoms with E-state index in [4.69, 9.17) is 9.63 Å². The standard InChI is InChI=1S/C9H13NO4/c1-3-4-7-8(9(12)13-2)6(5-11)10-14-7/h11H,3-5H2,1-2H3. The lowest BCUT2D eigenvalue weighted by molar-refractivity contribution is 0.0595. The molecular weight excluding hydrogens is 186 g/mol. The predicted molar refractivity (Wildman–Crippen MR) is 47.8 cm³/mol. The summed E-state index contributed by atoms with van der Waals surface area (Å²) in [4.78, 5) is 11.3. The molecule has 0 fully saturated rings. The Morgan fingerprint density at radius 1 is 1.64 bits per heavy atom. The molecule has 0 saturated carbocycles. The summed E-state index contributed by atoms with van der Waals surface area (Å²) >= 11 is 0. The molecule has 0 aliphatic carbocycles. The lowest BCUT2D eigenvalue weighted by Gasteiger charge is -1.98. The second-order valence-corrected chi connectivity index (χ2v) is 2.83. The van der Waals surface area contributed by atoms with E-state index in [9.17, 15) is 4.79 Å². The number of aliphatic hydroxyl groups excluding tert-OH is 1. The zero-order valence-corrected chi connectivity index (χ0v) is 8.24. The van der Waals surface area contributed by atoms with Gasteiger partial charge in [0.1, 0.15) is 11.3 Å². The van der Waals surface area contributed by atoms with Gasteiger partial charge in [0.25, 0.3) is 0 Å². The first kappa shape index (κ1) is 10.7. The van der Waals surface area contributed by atoms with E-state index in [2.05, 4.69) is 9.89 Å². The number of aromatic nitrogens is 1. The Morgan fingerprint density at radius 2 is 2.36 bits per heavy atom. The summed E-state index contributed by atoms with van der Waals surface area (Å²) < 4.78 is 9.51. The largest absolute Gasteiger partial charge is 0.465 e. The van der Waals surface area contributed by atoms with Crippen LogP contribution in [0.5, 0.6) is 0 Å². The van der Waals surface area contributed by atoms with Crippen molar-refractivity contribution in [3.63, 3.8) is 0 Å². The fraction of sp³-hybridized carbons (Fsp3) is 0.556. The van der Waals surface area contributed by atoms with Gasteiger partial charge < -0.3 is 14.4 Å². The minimum Gasteiger partial charge on any atom is -0.465 e. The van der Waals surface area contributed by atoms with Gasteiger partial charge in [-0.3, -0.25) is 0 Å². The second kappa shape index (κ2) is 4.76. The third kappa shape index (κ3) is 1.93. The van der Waals surface area contributed by atoms with Crippen molar-refractivity contribution in [3.8, 4) is 0 Å². The molecule has 0 radical (unpaired) electrons. The van der Waals surface area contributed by atoms with Crippen LogP contribution in [0.2, 0.25) is 0 Å². The molecule has 0 aliphatic rings. The molecule has 0 aliphatic heterocycles. The molecule has 0 atom stereocenters. The van der Waals surface area contributed by atoms with Crippen LogP contribution in [0.3, 0.4) is 0 Å². The molecule has 1 aromatic rings. The topological polar surface area (TPSA) is 72.6 Å². The maximum atomic E-state index is 11.3. The number of carbonyl (C=O) groups is 1. The number of methoxy groups -OCH3 is 1. The molecule has 5 nitrogen and oxygen atoms in total. The monoisotopic (exact) mass is 199 g/mol. The van der Waals surface area contributed by atoms with Crippen LogP contribution in [0, 0.1) is 0 Å². The number of nitrogens with zero attached hydrogens (tertiary/aromatic N) is 1. The number of hydrogen-bond donors (Lipinski definition) is 1. The molecule has 1 rings (SSSR count). The highest BCUT2D eigenvalue weighted by Crippen LogP contribution is 2.17. The summed E-state index contributed by atoms with van der Waals surface area (Å²) in [6, 6.07) is 0. The normalized spacial score (nSPS) is 10.2. The molecule has 1 heterocycles. The fourth-order valence-electron chi connectivity index (χ4n) is 1.20. The summed E-state index contributed by atoms with van der Waals surface area (Å²) in [6.45, 7) is 1.64. The van der Waals surface area contributed by atoms with Gasteiger partial charge in [-0.1, -0.05) is 12.1 Å². The Hall–Kier alpha value is -1.36. The molecule has 0 bridgehead atoms. The number of rotatable bonds is 4. The highest BCUT2D eigenvalue weighted by atomic mass is 16.5.